The third-order valence-corrected chi connectivity index (χ3v) is 5.60. The monoisotopic (exact) mass is 255 g/mol. The summed E-state index contributed by atoms with van der Waals surface area (Å²) in [4.78, 5) is 0. The maximum absolute atomic E-state index is 12.2. The van der Waals surface area contributed by atoms with E-state index >= 15 is 0 Å². The SMILES string of the molecule is CNC(C)C(C)S(=O)(=O)Cc1ccccc1C. The second kappa shape index (κ2) is 5.65. The van der Waals surface area contributed by atoms with Crippen molar-refractivity contribution in [1.29, 1.82) is 0 Å². The molecule has 2 unspecified atom stereocenters. The number of benzene rings is 1. The number of aryl methyl sites for hydroxylation is 1. The van der Waals surface area contributed by atoms with Crippen LogP contribution in [0.4, 0.5) is 0 Å². The summed E-state index contributed by atoms with van der Waals surface area (Å²) >= 11 is 0. The van der Waals surface area contributed by atoms with E-state index in [0.29, 0.717) is 0 Å². The van der Waals surface area contributed by atoms with Crippen molar-refractivity contribution in [2.24, 2.45) is 0 Å². The molecule has 0 fully saturated rings. The Kier molecular flexibility index (Phi) is 4.71. The van der Waals surface area contributed by atoms with Crippen molar-refractivity contribution in [3.05, 3.63) is 35.4 Å². The Morgan fingerprint density at radius 3 is 2.35 bits per heavy atom. The van der Waals surface area contributed by atoms with Gasteiger partial charge in [-0.3, -0.25) is 0 Å². The molecule has 4 heteroatoms. The van der Waals surface area contributed by atoms with Gasteiger partial charge in [0.2, 0.25) is 0 Å². The first-order valence-corrected chi connectivity index (χ1v) is 7.53. The molecule has 1 aromatic rings. The van der Waals surface area contributed by atoms with Crippen LogP contribution in [0.5, 0.6) is 0 Å². The van der Waals surface area contributed by atoms with Crippen LogP contribution >= 0.6 is 0 Å². The first-order valence-electron chi connectivity index (χ1n) is 5.82. The molecular formula is C13H21NO2S. The molecule has 0 saturated heterocycles. The lowest BCUT2D eigenvalue weighted by atomic mass is 10.1. The fourth-order valence-electron chi connectivity index (χ4n) is 1.67. The number of hydrogen-bond donors (Lipinski definition) is 1. The minimum Gasteiger partial charge on any atom is -0.316 e. The highest BCUT2D eigenvalue weighted by Crippen LogP contribution is 2.16. The van der Waals surface area contributed by atoms with Crippen molar-refractivity contribution in [1.82, 2.24) is 5.32 Å². The quantitative estimate of drug-likeness (QED) is 0.874. The smallest absolute Gasteiger partial charge is 0.158 e. The van der Waals surface area contributed by atoms with Gasteiger partial charge in [-0.25, -0.2) is 8.42 Å². The molecule has 0 amide bonds. The Hall–Kier alpha value is -0.870. The van der Waals surface area contributed by atoms with E-state index < -0.39 is 9.84 Å². The van der Waals surface area contributed by atoms with Crippen LogP contribution in [-0.2, 0) is 15.6 Å². The first kappa shape index (κ1) is 14.2. The fourth-order valence-corrected chi connectivity index (χ4v) is 3.44. The molecule has 1 rings (SSSR count). The third-order valence-electron chi connectivity index (χ3n) is 3.34. The molecule has 0 aliphatic rings. The third kappa shape index (κ3) is 3.54. The molecule has 0 radical (unpaired) electrons. The summed E-state index contributed by atoms with van der Waals surface area (Å²) in [7, 11) is -1.33. The minimum atomic E-state index is -3.11. The summed E-state index contributed by atoms with van der Waals surface area (Å²) in [6.45, 7) is 5.59. The van der Waals surface area contributed by atoms with Gasteiger partial charge in [0.05, 0.1) is 11.0 Å². The van der Waals surface area contributed by atoms with Gasteiger partial charge in [0.25, 0.3) is 0 Å². The molecule has 0 aromatic heterocycles. The Balaban J connectivity index is 2.91. The van der Waals surface area contributed by atoms with E-state index in [1.807, 2.05) is 38.1 Å². The highest BCUT2D eigenvalue weighted by Gasteiger charge is 2.26. The van der Waals surface area contributed by atoms with E-state index in [9.17, 15) is 8.42 Å². The summed E-state index contributed by atoms with van der Waals surface area (Å²) < 4.78 is 24.4. The van der Waals surface area contributed by atoms with E-state index in [1.54, 1.807) is 14.0 Å². The lowest BCUT2D eigenvalue weighted by Gasteiger charge is -2.20. The van der Waals surface area contributed by atoms with Crippen molar-refractivity contribution >= 4 is 9.84 Å². The molecule has 0 aliphatic heterocycles. The van der Waals surface area contributed by atoms with E-state index in [4.69, 9.17) is 0 Å². The lowest BCUT2D eigenvalue weighted by molar-refractivity contribution is 0.539. The number of nitrogens with one attached hydrogen (secondary N) is 1. The molecular weight excluding hydrogens is 234 g/mol. The van der Waals surface area contributed by atoms with E-state index in [2.05, 4.69) is 5.32 Å². The van der Waals surface area contributed by atoms with Gasteiger partial charge in [-0.1, -0.05) is 24.3 Å². The van der Waals surface area contributed by atoms with E-state index in [-0.39, 0.29) is 17.0 Å². The Morgan fingerprint density at radius 1 is 1.24 bits per heavy atom. The molecule has 17 heavy (non-hydrogen) atoms. The van der Waals surface area contributed by atoms with E-state index in [1.165, 1.54) is 0 Å². The van der Waals surface area contributed by atoms with Gasteiger partial charge >= 0.3 is 0 Å². The van der Waals surface area contributed by atoms with Gasteiger partial charge in [-0.15, -0.1) is 0 Å². The molecule has 3 nitrogen and oxygen atoms in total. The van der Waals surface area contributed by atoms with Crippen LogP contribution in [0.1, 0.15) is 25.0 Å². The Morgan fingerprint density at radius 2 is 1.82 bits per heavy atom. The second-order valence-electron chi connectivity index (χ2n) is 4.52. The Labute approximate surface area is 104 Å². The molecule has 0 aliphatic carbocycles. The normalized spacial score (nSPS) is 15.5. The number of sulfone groups is 1. The zero-order valence-electron chi connectivity index (χ0n) is 10.9. The maximum Gasteiger partial charge on any atom is 0.158 e. The van der Waals surface area contributed by atoms with Gasteiger partial charge in [0, 0.05) is 6.04 Å². The summed E-state index contributed by atoms with van der Waals surface area (Å²) in [5.41, 5.74) is 1.92. The zero-order chi connectivity index (χ0) is 13.1. The van der Waals surface area contributed by atoms with Crippen LogP contribution in [0.25, 0.3) is 0 Å². The molecule has 0 saturated carbocycles. The highest BCUT2D eigenvalue weighted by molar-refractivity contribution is 7.91. The largest absolute Gasteiger partial charge is 0.316 e. The van der Waals surface area contributed by atoms with Crippen LogP contribution in [-0.4, -0.2) is 26.8 Å². The summed E-state index contributed by atoms with van der Waals surface area (Å²) in [5, 5.41) is 2.61. The second-order valence-corrected chi connectivity index (χ2v) is 6.87. The zero-order valence-corrected chi connectivity index (χ0v) is 11.7. The van der Waals surface area contributed by atoms with Crippen molar-refractivity contribution < 1.29 is 8.42 Å². The lowest BCUT2D eigenvalue weighted by Crippen LogP contribution is -2.38. The molecule has 96 valence electrons. The van der Waals surface area contributed by atoms with Crippen LogP contribution < -0.4 is 5.32 Å². The summed E-state index contributed by atoms with van der Waals surface area (Å²) in [6, 6.07) is 7.58. The van der Waals surface area contributed by atoms with Crippen LogP contribution in [0.15, 0.2) is 24.3 Å². The van der Waals surface area contributed by atoms with Gasteiger partial charge in [-0.2, -0.15) is 0 Å². The molecule has 2 atom stereocenters. The minimum absolute atomic E-state index is 0.0379. The van der Waals surface area contributed by atoms with Crippen LogP contribution in [0.2, 0.25) is 0 Å². The number of hydrogen-bond acceptors (Lipinski definition) is 3. The predicted molar refractivity (Wildman–Crippen MR) is 71.8 cm³/mol. The van der Waals surface area contributed by atoms with E-state index in [0.717, 1.165) is 11.1 Å². The molecule has 1 N–H and O–H groups in total. The van der Waals surface area contributed by atoms with Crippen molar-refractivity contribution in [2.75, 3.05) is 7.05 Å². The van der Waals surface area contributed by atoms with Gasteiger partial charge in [-0.05, 0) is 38.9 Å². The average molecular weight is 255 g/mol. The fraction of sp³-hybridized carbons (Fsp3) is 0.538. The molecule has 1 aromatic carbocycles. The van der Waals surface area contributed by atoms with Gasteiger partial charge < -0.3 is 5.32 Å². The molecule has 0 spiro atoms. The van der Waals surface area contributed by atoms with Crippen molar-refractivity contribution in [3.63, 3.8) is 0 Å². The average Bonchev–Trinajstić information content (AvgIpc) is 2.30. The summed E-state index contributed by atoms with van der Waals surface area (Å²) in [6.07, 6.45) is 0. The van der Waals surface area contributed by atoms with Crippen LogP contribution in [0.3, 0.4) is 0 Å². The van der Waals surface area contributed by atoms with Crippen molar-refractivity contribution in [3.8, 4) is 0 Å². The predicted octanol–water partition coefficient (Wildman–Crippen LogP) is 1.91. The van der Waals surface area contributed by atoms with Gasteiger partial charge in [0.1, 0.15) is 0 Å². The molecule has 0 heterocycles. The topological polar surface area (TPSA) is 46.2 Å². The summed E-state index contributed by atoms with van der Waals surface area (Å²) in [5.74, 6) is 0.118. The molecule has 0 bridgehead atoms. The van der Waals surface area contributed by atoms with Crippen molar-refractivity contribution in [2.45, 2.75) is 37.8 Å². The standard InChI is InChI=1S/C13H21NO2S/c1-10-7-5-6-8-13(10)9-17(15,16)12(3)11(2)14-4/h5-8,11-12,14H,9H2,1-4H3. The highest BCUT2D eigenvalue weighted by atomic mass is 32.2. The van der Waals surface area contributed by atoms with Gasteiger partial charge in [0.15, 0.2) is 9.84 Å². The maximum atomic E-state index is 12.2. The Bertz CT molecular complexity index is 468. The van der Waals surface area contributed by atoms with Crippen LogP contribution in [0, 0.1) is 6.92 Å². The first-order chi connectivity index (χ1) is 7.88. The number of rotatable bonds is 5.